The van der Waals surface area contributed by atoms with Gasteiger partial charge in [-0.05, 0) is 20.8 Å². The Balaban J connectivity index is 0.000000310. The Hall–Kier alpha value is -1.29. The lowest BCUT2D eigenvalue weighted by atomic mass is 10.1. The minimum absolute atomic E-state index is 1.35. The van der Waals surface area contributed by atoms with Crippen LogP contribution in [0.1, 0.15) is 23.6 Å². The third-order valence-corrected chi connectivity index (χ3v) is 1.59. The first-order chi connectivity index (χ1) is 6.10. The summed E-state index contributed by atoms with van der Waals surface area (Å²) in [6, 6.07) is 9.12. The maximum absolute atomic E-state index is 3.49. The van der Waals surface area contributed by atoms with Gasteiger partial charge in [0.15, 0.2) is 0 Å². The highest BCUT2D eigenvalue weighted by atomic mass is 14.6. The van der Waals surface area contributed by atoms with Crippen LogP contribution in [0.2, 0.25) is 0 Å². The van der Waals surface area contributed by atoms with E-state index in [0.717, 1.165) is 0 Å². The molecule has 13 heavy (non-hydrogen) atoms. The van der Waals surface area contributed by atoms with Crippen molar-refractivity contribution in [3.63, 3.8) is 0 Å². The van der Waals surface area contributed by atoms with E-state index < -0.39 is 0 Å². The zero-order valence-electron chi connectivity index (χ0n) is 9.18. The summed E-state index contributed by atoms with van der Waals surface area (Å²) in [7, 11) is 1.69. The van der Waals surface area contributed by atoms with E-state index in [1.165, 1.54) is 16.7 Å². The topological polar surface area (TPSA) is 4.36 Å². The van der Waals surface area contributed by atoms with E-state index in [-0.39, 0.29) is 0 Å². The molecule has 1 nitrogen and oxygen atoms in total. The maximum atomic E-state index is 3.49. The molecule has 0 atom stereocenters. The van der Waals surface area contributed by atoms with Gasteiger partial charge in [-0.25, -0.2) is 0 Å². The Labute approximate surface area is 81.2 Å². The van der Waals surface area contributed by atoms with Gasteiger partial charge < -0.3 is 0 Å². The Morgan fingerprint density at radius 3 is 1.31 bits per heavy atom. The molecule has 0 aliphatic heterocycles. The van der Waals surface area contributed by atoms with Gasteiger partial charge in [0.1, 0.15) is 0 Å². The smallest absolute Gasteiger partial charge is 0.0873 e. The van der Waals surface area contributed by atoms with Crippen LogP contribution < -0.4 is 0 Å². The molecule has 0 N–H and O–H groups in total. The van der Waals surface area contributed by atoms with E-state index in [1.807, 2.05) is 0 Å². The van der Waals surface area contributed by atoms with Crippen LogP contribution in [0, 0.1) is 26.8 Å². The van der Waals surface area contributed by atoms with Gasteiger partial charge in [0.05, 0.1) is 6.92 Å². The molecular weight excluding hydrogens is 158 g/mol. The summed E-state index contributed by atoms with van der Waals surface area (Å²) in [5.41, 5.74) is 4.06. The van der Waals surface area contributed by atoms with Crippen molar-refractivity contribution in [3.05, 3.63) is 39.7 Å². The van der Waals surface area contributed by atoms with Crippen molar-refractivity contribution in [2.24, 2.45) is 0 Å². The Kier molecular flexibility index (Phi) is 5.63. The van der Waals surface area contributed by atoms with Crippen LogP contribution in [0.15, 0.2) is 18.2 Å². The molecule has 0 radical (unpaired) electrons. The highest BCUT2D eigenvalue weighted by molar-refractivity contribution is 5.27. The number of hydrogen-bond acceptors (Lipinski definition) is 0. The van der Waals surface area contributed by atoms with Crippen molar-refractivity contribution in [1.29, 1.82) is 0 Å². The average molecular weight is 176 g/mol. The summed E-state index contributed by atoms with van der Waals surface area (Å²) in [5.74, 6) is 0. The van der Waals surface area contributed by atoms with E-state index in [0.29, 0.717) is 0 Å². The molecule has 0 amide bonds. The molecule has 1 aromatic rings. The van der Waals surface area contributed by atoms with Crippen LogP contribution in [0.4, 0.5) is 0 Å². The molecule has 0 fully saturated rings. The van der Waals surface area contributed by atoms with Gasteiger partial charge in [0.2, 0.25) is 0 Å². The molecule has 0 spiro atoms. The van der Waals surface area contributed by atoms with Gasteiger partial charge in [-0.1, -0.05) is 39.7 Å². The van der Waals surface area contributed by atoms with Crippen molar-refractivity contribution < 1.29 is 0 Å². The number of nitrogens with zero attached hydrogens (tertiary/aromatic N) is 1. The van der Waals surface area contributed by atoms with Crippen LogP contribution in [0.3, 0.4) is 0 Å². The monoisotopic (exact) mass is 176 g/mol. The first-order valence-electron chi connectivity index (χ1n) is 4.40. The van der Waals surface area contributed by atoms with Gasteiger partial charge in [0.25, 0.3) is 13.1 Å². The van der Waals surface area contributed by atoms with Gasteiger partial charge >= 0.3 is 0 Å². The van der Waals surface area contributed by atoms with Gasteiger partial charge in [-0.2, -0.15) is 0 Å². The summed E-state index contributed by atoms with van der Waals surface area (Å²) in [6.07, 6.45) is 0. The molecule has 0 aliphatic rings. The highest BCUT2D eigenvalue weighted by Gasteiger charge is 1.87. The number of aryl methyl sites for hydroxylation is 3. The van der Waals surface area contributed by atoms with Gasteiger partial charge in [0, 0.05) is 0 Å². The second-order valence-electron chi connectivity index (χ2n) is 3.11. The average Bonchev–Trinajstić information content (AvgIpc) is 2.02. The summed E-state index contributed by atoms with van der Waals surface area (Å²) in [5, 5.41) is 0. The minimum Gasteiger partial charge on any atom is -0.0873 e. The lowest BCUT2D eigenvalue weighted by Crippen LogP contribution is -1.78. The fourth-order valence-corrected chi connectivity index (χ4v) is 1.20. The quantitative estimate of drug-likeness (QED) is 0.569. The highest BCUT2D eigenvalue weighted by Crippen LogP contribution is 2.06. The summed E-state index contributed by atoms with van der Waals surface area (Å²) >= 11 is 0. The standard InChI is InChI=1S/C9H12.C3H6N/c1-7-4-8(2)6-9(3)5-7;1-3-4-2/h4-6H,1-3H3;1-2H3/q;+1. The third-order valence-electron chi connectivity index (χ3n) is 1.59. The zero-order chi connectivity index (χ0) is 10.3. The van der Waals surface area contributed by atoms with E-state index in [4.69, 9.17) is 0 Å². The number of hydrogen-bond donors (Lipinski definition) is 0. The Bertz CT molecular complexity index is 259. The molecular formula is C12H18N+. The summed E-state index contributed by atoms with van der Waals surface area (Å²) in [4.78, 5) is 3.49. The van der Waals surface area contributed by atoms with Crippen molar-refractivity contribution in [3.8, 4) is 6.07 Å². The van der Waals surface area contributed by atoms with E-state index in [2.05, 4.69) is 49.9 Å². The molecule has 0 aromatic heterocycles. The number of rotatable bonds is 0. The van der Waals surface area contributed by atoms with Gasteiger partial charge in [-0.3, -0.25) is 0 Å². The summed E-state index contributed by atoms with van der Waals surface area (Å²) < 4.78 is 0. The van der Waals surface area contributed by atoms with E-state index in [1.54, 1.807) is 14.0 Å². The normalized spacial score (nSPS) is 7.77. The van der Waals surface area contributed by atoms with E-state index in [9.17, 15) is 0 Å². The zero-order valence-corrected chi connectivity index (χ0v) is 9.18. The van der Waals surface area contributed by atoms with Gasteiger partial charge in [-0.15, -0.1) is 0 Å². The van der Waals surface area contributed by atoms with Crippen molar-refractivity contribution in [2.45, 2.75) is 27.7 Å². The fraction of sp³-hybridized carbons (Fsp3) is 0.417. The predicted octanol–water partition coefficient (Wildman–Crippen LogP) is 3.58. The van der Waals surface area contributed by atoms with Crippen LogP contribution in [0.5, 0.6) is 0 Å². The molecule has 0 heterocycles. The predicted molar refractivity (Wildman–Crippen MR) is 59.5 cm³/mol. The number of benzene rings is 1. The first-order valence-corrected chi connectivity index (χ1v) is 4.40. The fourth-order valence-electron chi connectivity index (χ4n) is 1.20. The van der Waals surface area contributed by atoms with Crippen molar-refractivity contribution in [2.75, 3.05) is 7.05 Å². The van der Waals surface area contributed by atoms with Crippen LogP contribution in [-0.4, -0.2) is 7.05 Å². The second-order valence-corrected chi connectivity index (χ2v) is 3.11. The summed E-state index contributed by atoms with van der Waals surface area (Å²) in [6.45, 7) is 8.14. The molecule has 0 unspecified atom stereocenters. The van der Waals surface area contributed by atoms with E-state index >= 15 is 0 Å². The first kappa shape index (κ1) is 11.7. The SMILES string of the molecule is CC#[N+]C.Cc1cc(C)cc(C)c1. The maximum Gasteiger partial charge on any atom is 0.269 e. The van der Waals surface area contributed by atoms with Crippen molar-refractivity contribution >= 4 is 0 Å². The molecule has 0 saturated carbocycles. The molecule has 1 rings (SSSR count). The minimum atomic E-state index is 1.35. The third kappa shape index (κ3) is 5.93. The van der Waals surface area contributed by atoms with Crippen LogP contribution in [-0.2, 0) is 0 Å². The molecule has 70 valence electrons. The Morgan fingerprint density at radius 2 is 1.15 bits per heavy atom. The molecule has 0 aliphatic carbocycles. The largest absolute Gasteiger partial charge is 0.269 e. The lowest BCUT2D eigenvalue weighted by Gasteiger charge is -1.96. The molecule has 1 heteroatoms. The second kappa shape index (κ2) is 6.25. The van der Waals surface area contributed by atoms with Crippen LogP contribution >= 0.6 is 0 Å². The molecule has 0 saturated heterocycles. The Morgan fingerprint density at radius 1 is 0.923 bits per heavy atom. The van der Waals surface area contributed by atoms with Crippen LogP contribution in [0.25, 0.3) is 4.85 Å². The molecule has 1 aromatic carbocycles. The molecule has 0 bridgehead atoms. The van der Waals surface area contributed by atoms with Crippen molar-refractivity contribution in [1.82, 2.24) is 0 Å². The lowest BCUT2D eigenvalue weighted by molar-refractivity contribution is 1.32.